The molecule has 0 bridgehead atoms. The predicted molar refractivity (Wildman–Crippen MR) is 33.9 cm³/mol. The molecule has 1 rings (SSSR count). The SMILES string of the molecule is CC(C)(C)n1[c]nnc1. The van der Waals surface area contributed by atoms with E-state index in [-0.39, 0.29) is 5.54 Å². The maximum Gasteiger partial charge on any atom is 0.202 e. The molecule has 0 saturated heterocycles. The van der Waals surface area contributed by atoms with Crippen molar-refractivity contribution < 1.29 is 0 Å². The zero-order valence-electron chi connectivity index (χ0n) is 5.92. The molecule has 0 aromatic carbocycles. The van der Waals surface area contributed by atoms with E-state index < -0.39 is 0 Å². The van der Waals surface area contributed by atoms with Crippen molar-refractivity contribution in [3.8, 4) is 0 Å². The Bertz CT molecular complexity index is 171. The van der Waals surface area contributed by atoms with Gasteiger partial charge in [0.05, 0.1) is 0 Å². The van der Waals surface area contributed by atoms with E-state index in [0.29, 0.717) is 0 Å². The van der Waals surface area contributed by atoms with Gasteiger partial charge in [-0.2, -0.15) is 0 Å². The molecule has 0 amide bonds. The highest BCUT2D eigenvalue weighted by Crippen LogP contribution is 2.09. The summed E-state index contributed by atoms with van der Waals surface area (Å²) in [5, 5.41) is 7.22. The Morgan fingerprint density at radius 3 is 2.33 bits per heavy atom. The van der Waals surface area contributed by atoms with E-state index in [1.807, 2.05) is 4.57 Å². The van der Waals surface area contributed by atoms with Gasteiger partial charge in [0.2, 0.25) is 6.33 Å². The number of hydrogen-bond donors (Lipinski definition) is 0. The third-order valence-corrected chi connectivity index (χ3v) is 1.10. The van der Waals surface area contributed by atoms with Crippen LogP contribution in [0.3, 0.4) is 0 Å². The molecule has 0 fully saturated rings. The molecule has 1 radical (unpaired) electrons. The maximum absolute atomic E-state index is 3.65. The van der Waals surface area contributed by atoms with E-state index in [1.54, 1.807) is 6.33 Å². The Labute approximate surface area is 54.7 Å². The third kappa shape index (κ3) is 1.28. The molecule has 1 heterocycles. The molecule has 0 atom stereocenters. The van der Waals surface area contributed by atoms with Crippen LogP contribution in [0.1, 0.15) is 20.8 Å². The van der Waals surface area contributed by atoms with E-state index in [9.17, 15) is 0 Å². The normalized spacial score (nSPS) is 11.9. The molecule has 0 aliphatic rings. The maximum atomic E-state index is 3.65. The van der Waals surface area contributed by atoms with Crippen LogP contribution in [0.25, 0.3) is 0 Å². The molecular formula is C6H10N3. The Hall–Kier alpha value is -0.860. The fraction of sp³-hybridized carbons (Fsp3) is 0.667. The summed E-state index contributed by atoms with van der Waals surface area (Å²) in [6.07, 6.45) is 4.40. The van der Waals surface area contributed by atoms with Crippen molar-refractivity contribution in [2.45, 2.75) is 26.3 Å². The summed E-state index contributed by atoms with van der Waals surface area (Å²) < 4.78 is 1.84. The summed E-state index contributed by atoms with van der Waals surface area (Å²) >= 11 is 0. The standard InChI is InChI=1S/C6H10N3/c1-6(2,3)9-4-7-8-5-9/h4H,1-3H3. The van der Waals surface area contributed by atoms with Gasteiger partial charge in [0.25, 0.3) is 0 Å². The molecule has 49 valence electrons. The first-order valence-corrected chi connectivity index (χ1v) is 2.89. The molecule has 0 unspecified atom stereocenters. The lowest BCUT2D eigenvalue weighted by Gasteiger charge is -2.17. The molecule has 0 spiro atoms. The zero-order chi connectivity index (χ0) is 6.91. The van der Waals surface area contributed by atoms with Crippen LogP contribution in [-0.2, 0) is 5.54 Å². The summed E-state index contributed by atoms with van der Waals surface area (Å²) in [4.78, 5) is 0. The Kier molecular flexibility index (Phi) is 1.27. The molecule has 0 aliphatic heterocycles. The average molecular weight is 124 g/mol. The van der Waals surface area contributed by atoms with Gasteiger partial charge >= 0.3 is 0 Å². The minimum absolute atomic E-state index is 0.0590. The highest BCUT2D eigenvalue weighted by atomic mass is 15.2. The number of nitrogens with zero attached hydrogens (tertiary/aromatic N) is 3. The summed E-state index contributed by atoms with van der Waals surface area (Å²) in [5.74, 6) is 0. The highest BCUT2D eigenvalue weighted by Gasteiger charge is 2.11. The van der Waals surface area contributed by atoms with Crippen molar-refractivity contribution in [2.75, 3.05) is 0 Å². The predicted octanol–water partition coefficient (Wildman–Crippen LogP) is 0.833. The van der Waals surface area contributed by atoms with Crippen molar-refractivity contribution in [2.24, 2.45) is 0 Å². The minimum atomic E-state index is 0.0590. The van der Waals surface area contributed by atoms with Gasteiger partial charge in [-0.05, 0) is 20.8 Å². The quantitative estimate of drug-likeness (QED) is 0.513. The second-order valence-corrected chi connectivity index (χ2v) is 2.97. The molecule has 1 aromatic heterocycles. The average Bonchev–Trinajstić information content (AvgIpc) is 2.08. The van der Waals surface area contributed by atoms with Crippen LogP contribution < -0.4 is 0 Å². The lowest BCUT2D eigenvalue weighted by Crippen LogP contribution is -2.19. The molecule has 3 heteroatoms. The van der Waals surface area contributed by atoms with Crippen LogP contribution in [0.15, 0.2) is 6.33 Å². The lowest BCUT2D eigenvalue weighted by atomic mass is 10.1. The van der Waals surface area contributed by atoms with Crippen LogP contribution in [0, 0.1) is 6.33 Å². The van der Waals surface area contributed by atoms with E-state index in [1.165, 1.54) is 0 Å². The highest BCUT2D eigenvalue weighted by molar-refractivity contribution is 4.73. The molecule has 0 aliphatic carbocycles. The van der Waals surface area contributed by atoms with Gasteiger partial charge in [-0.15, -0.1) is 10.2 Å². The Balaban J connectivity index is 2.90. The molecule has 9 heavy (non-hydrogen) atoms. The van der Waals surface area contributed by atoms with Crippen molar-refractivity contribution in [1.82, 2.24) is 14.8 Å². The first-order valence-electron chi connectivity index (χ1n) is 2.89. The zero-order valence-corrected chi connectivity index (χ0v) is 5.92. The summed E-state index contributed by atoms with van der Waals surface area (Å²) in [7, 11) is 0. The summed E-state index contributed by atoms with van der Waals surface area (Å²) in [5.41, 5.74) is 0.0590. The van der Waals surface area contributed by atoms with Crippen molar-refractivity contribution in [3.05, 3.63) is 12.7 Å². The van der Waals surface area contributed by atoms with E-state index in [2.05, 4.69) is 37.3 Å². The van der Waals surface area contributed by atoms with Crippen LogP contribution in [0.4, 0.5) is 0 Å². The fourth-order valence-electron chi connectivity index (χ4n) is 0.500. The molecule has 0 saturated carbocycles. The van der Waals surface area contributed by atoms with Crippen LogP contribution >= 0.6 is 0 Å². The first-order chi connectivity index (χ1) is 4.11. The van der Waals surface area contributed by atoms with Gasteiger partial charge in [-0.25, -0.2) is 0 Å². The minimum Gasteiger partial charge on any atom is -0.306 e. The lowest BCUT2D eigenvalue weighted by molar-refractivity contribution is 0.392. The van der Waals surface area contributed by atoms with Gasteiger partial charge in [-0.1, -0.05) is 0 Å². The second-order valence-electron chi connectivity index (χ2n) is 2.97. The largest absolute Gasteiger partial charge is 0.306 e. The Morgan fingerprint density at radius 1 is 1.44 bits per heavy atom. The van der Waals surface area contributed by atoms with Gasteiger partial charge in [-0.3, -0.25) is 0 Å². The first kappa shape index (κ1) is 6.26. The van der Waals surface area contributed by atoms with Crippen molar-refractivity contribution >= 4 is 0 Å². The Morgan fingerprint density at radius 2 is 2.11 bits per heavy atom. The molecular weight excluding hydrogens is 114 g/mol. The van der Waals surface area contributed by atoms with Gasteiger partial charge in [0, 0.05) is 5.54 Å². The number of aromatic nitrogens is 3. The van der Waals surface area contributed by atoms with Crippen molar-refractivity contribution in [3.63, 3.8) is 0 Å². The van der Waals surface area contributed by atoms with Crippen LogP contribution in [0.5, 0.6) is 0 Å². The van der Waals surface area contributed by atoms with Crippen LogP contribution in [-0.4, -0.2) is 14.8 Å². The molecule has 3 nitrogen and oxygen atoms in total. The third-order valence-electron chi connectivity index (χ3n) is 1.10. The second kappa shape index (κ2) is 1.83. The number of hydrogen-bond acceptors (Lipinski definition) is 2. The van der Waals surface area contributed by atoms with E-state index in [4.69, 9.17) is 0 Å². The smallest absolute Gasteiger partial charge is 0.202 e. The fourth-order valence-corrected chi connectivity index (χ4v) is 0.500. The van der Waals surface area contributed by atoms with Crippen molar-refractivity contribution in [1.29, 1.82) is 0 Å². The summed E-state index contributed by atoms with van der Waals surface area (Å²) in [6, 6.07) is 0. The van der Waals surface area contributed by atoms with Gasteiger partial charge in [0.15, 0.2) is 0 Å². The monoisotopic (exact) mass is 124 g/mol. The molecule has 1 aromatic rings. The van der Waals surface area contributed by atoms with Crippen LogP contribution in [0.2, 0.25) is 0 Å². The number of rotatable bonds is 0. The topological polar surface area (TPSA) is 30.7 Å². The van der Waals surface area contributed by atoms with E-state index in [0.717, 1.165) is 0 Å². The summed E-state index contributed by atoms with van der Waals surface area (Å²) in [6.45, 7) is 6.23. The van der Waals surface area contributed by atoms with Gasteiger partial charge in [0.1, 0.15) is 6.33 Å². The molecule has 0 N–H and O–H groups in total. The van der Waals surface area contributed by atoms with E-state index >= 15 is 0 Å². The van der Waals surface area contributed by atoms with Gasteiger partial charge < -0.3 is 4.57 Å².